The number of carbonyl (C=O) groups is 2. The first-order valence-corrected chi connectivity index (χ1v) is 32.7. The molecule has 0 saturated carbocycles. The maximum absolute atomic E-state index is 12.5. The number of hydrogen-bond acceptors (Lipinski definition) is 5. The van der Waals surface area contributed by atoms with Gasteiger partial charge in [0.15, 0.2) is 0 Å². The summed E-state index contributed by atoms with van der Waals surface area (Å²) in [5.74, 6) is -0.0304. The van der Waals surface area contributed by atoms with Gasteiger partial charge in [0.1, 0.15) is 0 Å². The molecule has 0 fully saturated rings. The van der Waals surface area contributed by atoms with Gasteiger partial charge in [0, 0.05) is 12.8 Å². The zero-order valence-electron chi connectivity index (χ0n) is 49.1. The monoisotopic (exact) mass is 1030 g/mol. The molecule has 0 aromatic heterocycles. The molecule has 0 aliphatic heterocycles. The molecule has 0 radical (unpaired) electrons. The largest absolute Gasteiger partial charge is 0.466 e. The summed E-state index contributed by atoms with van der Waals surface area (Å²) in [5, 5.41) is 23.2. The molecular weight excluding hydrogens is 899 g/mol. The van der Waals surface area contributed by atoms with Gasteiger partial charge in [-0.1, -0.05) is 301 Å². The van der Waals surface area contributed by atoms with E-state index in [1.165, 1.54) is 270 Å². The lowest BCUT2D eigenvalue weighted by molar-refractivity contribution is -0.143. The Morgan fingerprint density at radius 3 is 1.10 bits per heavy atom. The summed E-state index contributed by atoms with van der Waals surface area (Å²) in [6.45, 7) is 4.92. The first kappa shape index (κ1) is 71.1. The number of carbonyl (C=O) groups excluding carboxylic acids is 2. The number of unbranched alkanes of at least 4 members (excludes halogenated alkanes) is 44. The zero-order chi connectivity index (χ0) is 52.9. The molecule has 73 heavy (non-hydrogen) atoms. The van der Waals surface area contributed by atoms with Gasteiger partial charge < -0.3 is 20.3 Å². The summed E-state index contributed by atoms with van der Waals surface area (Å²) < 4.78 is 5.48. The van der Waals surface area contributed by atoms with Crippen LogP contribution in [0.5, 0.6) is 0 Å². The van der Waals surface area contributed by atoms with Crippen LogP contribution in [0, 0.1) is 0 Å². The fraction of sp³-hybridized carbons (Fsp3) is 0.881. The summed E-state index contributed by atoms with van der Waals surface area (Å²) >= 11 is 0. The average Bonchev–Trinajstić information content (AvgIpc) is 3.39. The van der Waals surface area contributed by atoms with Crippen molar-refractivity contribution in [2.24, 2.45) is 0 Å². The van der Waals surface area contributed by atoms with Gasteiger partial charge in [0.05, 0.1) is 25.4 Å². The number of rotatable bonds is 61. The maximum atomic E-state index is 12.5. The van der Waals surface area contributed by atoms with Crippen molar-refractivity contribution < 1.29 is 24.5 Å². The number of aliphatic hydroxyl groups is 2. The molecule has 3 N–H and O–H groups in total. The number of hydrogen-bond donors (Lipinski definition) is 3. The molecule has 0 bridgehead atoms. The zero-order valence-corrected chi connectivity index (χ0v) is 49.1. The molecular formula is C67H127NO5. The molecule has 0 heterocycles. The number of allylic oxidation sites excluding steroid dienone is 6. The molecule has 0 aromatic carbocycles. The van der Waals surface area contributed by atoms with E-state index in [2.05, 4.69) is 55.6 Å². The van der Waals surface area contributed by atoms with Crippen molar-refractivity contribution in [2.45, 2.75) is 366 Å². The second-order valence-electron chi connectivity index (χ2n) is 22.4. The van der Waals surface area contributed by atoms with Gasteiger partial charge in [-0.2, -0.15) is 0 Å². The van der Waals surface area contributed by atoms with Gasteiger partial charge in [-0.15, -0.1) is 0 Å². The van der Waals surface area contributed by atoms with Crippen molar-refractivity contribution in [3.05, 3.63) is 36.5 Å². The van der Waals surface area contributed by atoms with Crippen LogP contribution < -0.4 is 5.32 Å². The van der Waals surface area contributed by atoms with Crippen LogP contribution in [0.2, 0.25) is 0 Å². The molecule has 430 valence electrons. The topological polar surface area (TPSA) is 95.9 Å². The maximum Gasteiger partial charge on any atom is 0.305 e. The molecule has 2 atom stereocenters. The molecule has 6 nitrogen and oxygen atoms in total. The third kappa shape index (κ3) is 59.2. The predicted molar refractivity (Wildman–Crippen MR) is 319 cm³/mol. The highest BCUT2D eigenvalue weighted by Crippen LogP contribution is 2.18. The predicted octanol–water partition coefficient (Wildman–Crippen LogP) is 20.8. The Labute approximate surface area is 455 Å². The summed E-state index contributed by atoms with van der Waals surface area (Å²) in [4.78, 5) is 24.5. The molecule has 6 heteroatoms. The second-order valence-corrected chi connectivity index (χ2v) is 22.4. The van der Waals surface area contributed by atoms with Gasteiger partial charge in [-0.3, -0.25) is 9.59 Å². The third-order valence-electron chi connectivity index (χ3n) is 15.2. The Morgan fingerprint density at radius 1 is 0.384 bits per heavy atom. The summed E-state index contributed by atoms with van der Waals surface area (Å²) in [5.41, 5.74) is 0. The highest BCUT2D eigenvalue weighted by molar-refractivity contribution is 5.76. The van der Waals surface area contributed by atoms with Crippen molar-refractivity contribution in [1.82, 2.24) is 5.32 Å². The van der Waals surface area contributed by atoms with Crippen LogP contribution in [-0.4, -0.2) is 47.4 Å². The van der Waals surface area contributed by atoms with Gasteiger partial charge in [0.25, 0.3) is 0 Å². The van der Waals surface area contributed by atoms with Crippen LogP contribution in [0.4, 0.5) is 0 Å². The lowest BCUT2D eigenvalue weighted by atomic mass is 10.0. The summed E-state index contributed by atoms with van der Waals surface area (Å²) in [6, 6.07) is -0.539. The molecule has 0 rings (SSSR count). The van der Waals surface area contributed by atoms with Gasteiger partial charge in [-0.05, 0) is 77.0 Å². The van der Waals surface area contributed by atoms with Crippen LogP contribution in [0.3, 0.4) is 0 Å². The fourth-order valence-electron chi connectivity index (χ4n) is 10.1. The second kappa shape index (κ2) is 62.6. The third-order valence-corrected chi connectivity index (χ3v) is 15.2. The van der Waals surface area contributed by atoms with Crippen molar-refractivity contribution in [3.63, 3.8) is 0 Å². The van der Waals surface area contributed by atoms with Crippen LogP contribution in [0.1, 0.15) is 354 Å². The lowest BCUT2D eigenvalue weighted by Gasteiger charge is -2.22. The van der Waals surface area contributed by atoms with E-state index in [9.17, 15) is 19.8 Å². The van der Waals surface area contributed by atoms with E-state index < -0.39 is 12.1 Å². The SMILES string of the molecule is CCCC/C=C\C/C=C\CCCCCCCC(=O)OCCCCCCCCCCCCCC/C=C\CCCCCCCCCCCCCCCCC(=O)NC(CO)C(O)CCCCCCCCCCCCCC. The van der Waals surface area contributed by atoms with Crippen LogP contribution in [0.25, 0.3) is 0 Å². The van der Waals surface area contributed by atoms with Gasteiger partial charge in [-0.25, -0.2) is 0 Å². The van der Waals surface area contributed by atoms with Crippen molar-refractivity contribution in [1.29, 1.82) is 0 Å². The highest BCUT2D eigenvalue weighted by atomic mass is 16.5. The normalized spacial score (nSPS) is 12.8. The standard InChI is InChI=1S/C67H127NO5/c1-3-5-7-9-11-13-15-17-37-41-45-49-53-57-61-67(72)73-62-58-54-50-46-42-38-35-33-31-29-27-25-23-21-19-18-20-22-24-26-28-30-32-34-36-40-44-48-52-56-60-66(71)68-64(63-69)65(70)59-55-51-47-43-39-16-14-12-10-8-6-4-2/h9,11,15,17,19,21,64-65,69-70H,3-8,10,12-14,16,18,20,22-63H2,1-2H3,(H,68,71)/b11-9-,17-15-,21-19-. The first-order valence-electron chi connectivity index (χ1n) is 32.7. The summed E-state index contributed by atoms with van der Waals surface area (Å²) in [6.07, 6.45) is 78.9. The smallest absolute Gasteiger partial charge is 0.305 e. The van der Waals surface area contributed by atoms with Crippen molar-refractivity contribution in [3.8, 4) is 0 Å². The Hall–Kier alpha value is -1.92. The molecule has 0 aliphatic rings. The van der Waals surface area contributed by atoms with E-state index in [4.69, 9.17) is 4.74 Å². The minimum atomic E-state index is -0.662. The average molecular weight is 1030 g/mol. The Kier molecular flexibility index (Phi) is 61.0. The number of amides is 1. The molecule has 0 spiro atoms. The van der Waals surface area contributed by atoms with E-state index in [0.29, 0.717) is 25.9 Å². The molecule has 0 aliphatic carbocycles. The number of aliphatic hydroxyl groups excluding tert-OH is 2. The van der Waals surface area contributed by atoms with Gasteiger partial charge in [0.2, 0.25) is 5.91 Å². The lowest BCUT2D eigenvalue weighted by Crippen LogP contribution is -2.45. The number of esters is 1. The highest BCUT2D eigenvalue weighted by Gasteiger charge is 2.20. The Balaban J connectivity index is 3.35. The summed E-state index contributed by atoms with van der Waals surface area (Å²) in [7, 11) is 0. The quantitative estimate of drug-likeness (QED) is 0.0320. The minimum Gasteiger partial charge on any atom is -0.466 e. The first-order chi connectivity index (χ1) is 36.0. The van der Waals surface area contributed by atoms with Crippen molar-refractivity contribution >= 4 is 11.9 Å². The van der Waals surface area contributed by atoms with E-state index in [-0.39, 0.29) is 18.5 Å². The molecule has 1 amide bonds. The van der Waals surface area contributed by atoms with Crippen LogP contribution >= 0.6 is 0 Å². The van der Waals surface area contributed by atoms with E-state index in [1.54, 1.807) is 0 Å². The number of ether oxygens (including phenoxy) is 1. The fourth-order valence-corrected chi connectivity index (χ4v) is 10.1. The van der Waals surface area contributed by atoms with Gasteiger partial charge >= 0.3 is 5.97 Å². The van der Waals surface area contributed by atoms with Crippen LogP contribution in [0.15, 0.2) is 36.5 Å². The number of nitrogens with one attached hydrogen (secondary N) is 1. The van der Waals surface area contributed by atoms with E-state index >= 15 is 0 Å². The van der Waals surface area contributed by atoms with E-state index in [0.717, 1.165) is 51.4 Å². The molecule has 0 saturated heterocycles. The van der Waals surface area contributed by atoms with Crippen molar-refractivity contribution in [2.75, 3.05) is 13.2 Å². The Morgan fingerprint density at radius 2 is 0.699 bits per heavy atom. The minimum absolute atomic E-state index is 0.00246. The van der Waals surface area contributed by atoms with E-state index in [1.807, 2.05) is 0 Å². The molecule has 0 aromatic rings. The Bertz CT molecular complexity index is 1180. The van der Waals surface area contributed by atoms with Crippen LogP contribution in [-0.2, 0) is 14.3 Å². The molecule has 2 unspecified atom stereocenters.